The van der Waals surface area contributed by atoms with Crippen LogP contribution in [0.4, 0.5) is 0 Å². The van der Waals surface area contributed by atoms with Crippen molar-refractivity contribution >= 4 is 43.6 Å². The van der Waals surface area contributed by atoms with Gasteiger partial charge in [-0.1, -0.05) is 158 Å². The lowest BCUT2D eigenvalue weighted by Gasteiger charge is -2.17. The van der Waals surface area contributed by atoms with Gasteiger partial charge < -0.3 is 9.55 Å². The lowest BCUT2D eigenvalue weighted by molar-refractivity contribution is 1.06. The van der Waals surface area contributed by atoms with Crippen LogP contribution in [0.25, 0.3) is 129 Å². The fraction of sp³-hybridized carbons (Fsp3) is 0. The highest BCUT2D eigenvalue weighted by molar-refractivity contribution is 6.18. The van der Waals surface area contributed by atoms with E-state index in [1.54, 1.807) is 0 Å². The molecule has 5 heterocycles. The Labute approximate surface area is 390 Å². The molecule has 0 atom stereocenters. The predicted molar refractivity (Wildman–Crippen MR) is 273 cm³/mol. The molecule has 0 aliphatic heterocycles. The van der Waals surface area contributed by atoms with Crippen LogP contribution >= 0.6 is 0 Å². The number of benzene rings is 8. The molecule has 13 rings (SSSR count). The third-order valence-corrected chi connectivity index (χ3v) is 12.5. The number of hydrogen-bond donors (Lipinski definition) is 1. The third-order valence-electron chi connectivity index (χ3n) is 12.5. The Morgan fingerprint density at radius 2 is 0.809 bits per heavy atom. The molecule has 0 radical (unpaired) electrons. The van der Waals surface area contributed by atoms with Crippen molar-refractivity contribution in [3.63, 3.8) is 0 Å². The smallest absolute Gasteiger partial charge is 0.182 e. The number of H-pyrrole nitrogens is 1. The van der Waals surface area contributed by atoms with E-state index in [-0.39, 0.29) is 0 Å². The predicted octanol–water partition coefficient (Wildman–Crippen LogP) is 13.9. The van der Waals surface area contributed by atoms with Gasteiger partial charge in [0.2, 0.25) is 0 Å². The van der Waals surface area contributed by atoms with E-state index in [0.29, 0.717) is 40.6 Å². The van der Waals surface area contributed by atoms with Gasteiger partial charge in [-0.3, -0.25) is 4.98 Å². The van der Waals surface area contributed by atoms with Crippen LogP contribution in [0.2, 0.25) is 0 Å². The van der Waals surface area contributed by atoms with E-state index in [9.17, 15) is 0 Å². The Balaban J connectivity index is 1.06. The summed E-state index contributed by atoms with van der Waals surface area (Å²) in [5.41, 5.74) is 12.2. The number of rotatable bonds is 8. The van der Waals surface area contributed by atoms with Crippen molar-refractivity contribution < 1.29 is 0 Å². The molecule has 13 aromatic rings. The summed E-state index contributed by atoms with van der Waals surface area (Å²) in [6.45, 7) is 0. The van der Waals surface area contributed by atoms with E-state index in [0.717, 1.165) is 77.5 Å². The fourth-order valence-corrected chi connectivity index (χ4v) is 9.26. The largest absolute Gasteiger partial charge is 0.354 e. The van der Waals surface area contributed by atoms with Crippen molar-refractivity contribution in [2.24, 2.45) is 0 Å². The Bertz CT molecular complexity index is 3900. The maximum Gasteiger partial charge on any atom is 0.182 e. The van der Waals surface area contributed by atoms with Crippen molar-refractivity contribution in [1.29, 1.82) is 0 Å². The Hall–Kier alpha value is -9.47. The van der Waals surface area contributed by atoms with Gasteiger partial charge in [0.25, 0.3) is 0 Å². The van der Waals surface area contributed by atoms with Crippen LogP contribution < -0.4 is 0 Å². The Kier molecular flexibility index (Phi) is 9.28. The van der Waals surface area contributed by atoms with Crippen molar-refractivity contribution in [3.05, 3.63) is 219 Å². The van der Waals surface area contributed by atoms with Gasteiger partial charge in [0.1, 0.15) is 5.69 Å². The standard InChI is InChI=1S/C59H37N9/c1-5-17-37(18-6-1)54-62-55(38-19-7-2-8-20-38)65-58(64-54)42-29-30-52(68-51-28-16-14-26-44(51)47-35-46-43-25-13-15-27-48(43)61-49(46)36-53(47)68)45(33-42)41-31-32-60-50(34-41)59-66-56(39-21-9-3-10-22-39)63-57(67-59)40-23-11-4-12-24-40/h1-36,61H. The molecule has 0 fully saturated rings. The zero-order chi connectivity index (χ0) is 45.0. The third kappa shape index (κ3) is 6.85. The van der Waals surface area contributed by atoms with Crippen LogP contribution in [0.1, 0.15) is 0 Å². The molecule has 1 N–H and O–H groups in total. The molecule has 0 amide bonds. The lowest BCUT2D eigenvalue weighted by Crippen LogP contribution is -2.03. The maximum absolute atomic E-state index is 5.15. The molecule has 0 saturated carbocycles. The molecule has 0 saturated heterocycles. The van der Waals surface area contributed by atoms with Gasteiger partial charge in [-0.05, 0) is 60.2 Å². The molecular weight excluding hydrogens is 835 g/mol. The molecule has 9 nitrogen and oxygen atoms in total. The SMILES string of the molecule is c1ccc(-c2nc(-c3ccccc3)nc(-c3ccc(-n4c5ccccc5c5cc6c(cc54)[nH]c4ccccc46)c(-c4ccnc(-c5nc(-c6ccccc6)nc(-c6ccccc6)n5)c4)c3)n2)cc1. The van der Waals surface area contributed by atoms with Crippen LogP contribution in [0.3, 0.4) is 0 Å². The molecule has 318 valence electrons. The van der Waals surface area contributed by atoms with E-state index in [1.165, 1.54) is 10.8 Å². The van der Waals surface area contributed by atoms with Gasteiger partial charge in [0.05, 0.1) is 16.7 Å². The highest BCUT2D eigenvalue weighted by Gasteiger charge is 2.21. The summed E-state index contributed by atoms with van der Waals surface area (Å²) in [4.78, 5) is 39.0. The van der Waals surface area contributed by atoms with E-state index in [2.05, 4.69) is 94.5 Å². The van der Waals surface area contributed by atoms with Crippen molar-refractivity contribution in [1.82, 2.24) is 44.4 Å². The van der Waals surface area contributed by atoms with Crippen LogP contribution in [0.5, 0.6) is 0 Å². The molecule has 0 aliphatic carbocycles. The highest BCUT2D eigenvalue weighted by atomic mass is 15.1. The zero-order valence-electron chi connectivity index (χ0n) is 36.4. The van der Waals surface area contributed by atoms with Crippen molar-refractivity contribution in [3.8, 4) is 85.3 Å². The number of nitrogens with zero attached hydrogens (tertiary/aromatic N) is 8. The first-order valence-corrected chi connectivity index (χ1v) is 22.5. The quantitative estimate of drug-likeness (QED) is 0.162. The van der Waals surface area contributed by atoms with Gasteiger partial charge in [-0.15, -0.1) is 0 Å². The van der Waals surface area contributed by atoms with Crippen molar-refractivity contribution in [2.75, 3.05) is 0 Å². The Morgan fingerprint density at radius 3 is 1.40 bits per heavy atom. The molecule has 0 unspecified atom stereocenters. The summed E-state index contributed by atoms with van der Waals surface area (Å²) < 4.78 is 2.37. The first-order valence-electron chi connectivity index (χ1n) is 22.5. The van der Waals surface area contributed by atoms with Gasteiger partial charge in [0, 0.05) is 72.2 Å². The summed E-state index contributed by atoms with van der Waals surface area (Å²) in [6.07, 6.45) is 1.83. The van der Waals surface area contributed by atoms with Crippen LogP contribution in [0, 0.1) is 0 Å². The summed E-state index contributed by atoms with van der Waals surface area (Å²) in [5, 5.41) is 4.70. The van der Waals surface area contributed by atoms with Gasteiger partial charge in [-0.25, -0.2) is 29.9 Å². The van der Waals surface area contributed by atoms with Gasteiger partial charge in [-0.2, -0.15) is 0 Å². The molecule has 8 aromatic carbocycles. The van der Waals surface area contributed by atoms with Crippen LogP contribution in [-0.2, 0) is 0 Å². The summed E-state index contributed by atoms with van der Waals surface area (Å²) in [5.74, 6) is 3.34. The summed E-state index contributed by atoms with van der Waals surface area (Å²) in [6, 6.07) is 72.4. The molecule has 9 heteroatoms. The molecule has 0 aliphatic rings. The number of pyridine rings is 1. The monoisotopic (exact) mass is 871 g/mol. The number of para-hydroxylation sites is 2. The Morgan fingerprint density at radius 1 is 0.309 bits per heavy atom. The minimum absolute atomic E-state index is 0.466. The average Bonchev–Trinajstić information content (AvgIpc) is 3.95. The fourth-order valence-electron chi connectivity index (χ4n) is 9.26. The maximum atomic E-state index is 5.15. The molecule has 68 heavy (non-hydrogen) atoms. The minimum atomic E-state index is 0.466. The van der Waals surface area contributed by atoms with Gasteiger partial charge in [0.15, 0.2) is 34.9 Å². The second-order valence-corrected chi connectivity index (χ2v) is 16.7. The van der Waals surface area contributed by atoms with E-state index < -0.39 is 0 Å². The summed E-state index contributed by atoms with van der Waals surface area (Å²) >= 11 is 0. The van der Waals surface area contributed by atoms with Crippen molar-refractivity contribution in [2.45, 2.75) is 0 Å². The van der Waals surface area contributed by atoms with Gasteiger partial charge >= 0.3 is 0 Å². The molecular formula is C59H37N9. The normalized spacial score (nSPS) is 11.5. The highest BCUT2D eigenvalue weighted by Crippen LogP contribution is 2.41. The second kappa shape index (κ2) is 16.2. The minimum Gasteiger partial charge on any atom is -0.354 e. The number of aromatic nitrogens is 9. The topological polar surface area (TPSA) is 111 Å². The summed E-state index contributed by atoms with van der Waals surface area (Å²) in [7, 11) is 0. The first kappa shape index (κ1) is 38.9. The average molecular weight is 872 g/mol. The van der Waals surface area contributed by atoms with E-state index >= 15 is 0 Å². The lowest BCUT2D eigenvalue weighted by atomic mass is 9.99. The van der Waals surface area contributed by atoms with E-state index in [4.69, 9.17) is 34.9 Å². The molecule has 5 aromatic heterocycles. The van der Waals surface area contributed by atoms with Crippen LogP contribution in [0.15, 0.2) is 219 Å². The number of aromatic amines is 1. The number of hydrogen-bond acceptors (Lipinski definition) is 7. The zero-order valence-corrected chi connectivity index (χ0v) is 36.4. The van der Waals surface area contributed by atoms with E-state index in [1.807, 2.05) is 134 Å². The van der Waals surface area contributed by atoms with Crippen LogP contribution in [-0.4, -0.2) is 44.4 Å². The molecule has 0 bridgehead atoms. The molecule has 0 spiro atoms. The number of fused-ring (bicyclic) bond motifs is 6. The number of nitrogens with one attached hydrogen (secondary N) is 1. The first-order chi connectivity index (χ1) is 33.7. The second-order valence-electron chi connectivity index (χ2n) is 16.7.